The maximum absolute atomic E-state index is 13.1. The minimum Gasteiger partial charge on any atom is -0.484 e. The molecule has 0 N–H and O–H groups in total. The largest absolute Gasteiger partial charge is 0.484 e. The molecule has 29 heavy (non-hydrogen) atoms. The Hall–Kier alpha value is -2.22. The van der Waals surface area contributed by atoms with Gasteiger partial charge in [-0.15, -0.1) is 0 Å². The van der Waals surface area contributed by atoms with Crippen LogP contribution in [0, 0.1) is 5.82 Å². The predicted molar refractivity (Wildman–Crippen MR) is 117 cm³/mol. The summed E-state index contributed by atoms with van der Waals surface area (Å²) in [5, 5.41) is 1.25. The molecule has 8 heteroatoms. The molecule has 0 aliphatic rings. The SMILES string of the molecule is CCN(CC)CCN(C(=O)COc1ccc(F)cc1)c1nc2ccc(Cl)cc2s1. The smallest absolute Gasteiger partial charge is 0.266 e. The number of benzene rings is 2. The summed E-state index contributed by atoms with van der Waals surface area (Å²) in [7, 11) is 0. The first kappa shape index (κ1) is 21.5. The Bertz CT molecular complexity index is 960. The van der Waals surface area contributed by atoms with E-state index in [-0.39, 0.29) is 18.3 Å². The van der Waals surface area contributed by atoms with Gasteiger partial charge in [-0.2, -0.15) is 0 Å². The van der Waals surface area contributed by atoms with Crippen molar-refractivity contribution in [1.29, 1.82) is 0 Å². The number of ether oxygens (including phenoxy) is 1. The number of thiazole rings is 1. The molecule has 0 atom stereocenters. The second-order valence-corrected chi connectivity index (χ2v) is 7.87. The Balaban J connectivity index is 1.78. The van der Waals surface area contributed by atoms with Crippen LogP contribution in [0.15, 0.2) is 42.5 Å². The Kier molecular flexibility index (Phi) is 7.41. The van der Waals surface area contributed by atoms with Crippen molar-refractivity contribution < 1.29 is 13.9 Å². The molecular weight excluding hydrogens is 413 g/mol. The lowest BCUT2D eigenvalue weighted by Crippen LogP contribution is -2.41. The van der Waals surface area contributed by atoms with E-state index in [1.54, 1.807) is 11.0 Å². The summed E-state index contributed by atoms with van der Waals surface area (Å²) in [6, 6.07) is 11.1. The van der Waals surface area contributed by atoms with Crippen LogP contribution in [0.4, 0.5) is 9.52 Å². The third-order valence-corrected chi connectivity index (χ3v) is 5.86. The predicted octanol–water partition coefficient (Wildman–Crippen LogP) is 4.84. The van der Waals surface area contributed by atoms with Crippen molar-refractivity contribution in [3.63, 3.8) is 0 Å². The van der Waals surface area contributed by atoms with E-state index in [9.17, 15) is 9.18 Å². The van der Waals surface area contributed by atoms with E-state index in [4.69, 9.17) is 16.3 Å². The zero-order valence-electron chi connectivity index (χ0n) is 16.4. The van der Waals surface area contributed by atoms with E-state index >= 15 is 0 Å². The van der Waals surface area contributed by atoms with Crippen molar-refractivity contribution in [2.75, 3.05) is 37.7 Å². The van der Waals surface area contributed by atoms with Crippen LogP contribution in [0.1, 0.15) is 13.8 Å². The molecule has 1 amide bonds. The van der Waals surface area contributed by atoms with Crippen molar-refractivity contribution in [3.05, 3.63) is 53.3 Å². The molecule has 154 valence electrons. The molecule has 0 unspecified atom stereocenters. The van der Waals surface area contributed by atoms with Gasteiger partial charge in [-0.05, 0) is 55.6 Å². The Morgan fingerprint density at radius 1 is 1.14 bits per heavy atom. The topological polar surface area (TPSA) is 45.7 Å². The molecule has 0 aliphatic heterocycles. The van der Waals surface area contributed by atoms with Gasteiger partial charge in [0, 0.05) is 18.1 Å². The van der Waals surface area contributed by atoms with Crippen molar-refractivity contribution in [1.82, 2.24) is 9.88 Å². The number of fused-ring (bicyclic) bond motifs is 1. The Labute approximate surface area is 178 Å². The van der Waals surface area contributed by atoms with Crippen molar-refractivity contribution >= 4 is 44.2 Å². The van der Waals surface area contributed by atoms with Gasteiger partial charge in [0.2, 0.25) is 0 Å². The third kappa shape index (κ3) is 5.65. The summed E-state index contributed by atoms with van der Waals surface area (Å²) in [6.45, 7) is 7.06. The van der Waals surface area contributed by atoms with Crippen LogP contribution in [0.2, 0.25) is 5.02 Å². The van der Waals surface area contributed by atoms with Crippen LogP contribution in [-0.2, 0) is 4.79 Å². The van der Waals surface area contributed by atoms with Gasteiger partial charge in [-0.25, -0.2) is 9.37 Å². The first-order chi connectivity index (χ1) is 14.0. The summed E-state index contributed by atoms with van der Waals surface area (Å²) in [5.41, 5.74) is 0.800. The van der Waals surface area contributed by atoms with E-state index in [0.717, 1.165) is 29.9 Å². The van der Waals surface area contributed by atoms with Gasteiger partial charge >= 0.3 is 0 Å². The summed E-state index contributed by atoms with van der Waals surface area (Å²) in [6.07, 6.45) is 0. The van der Waals surface area contributed by atoms with Gasteiger partial charge in [0.15, 0.2) is 11.7 Å². The molecule has 3 aromatic rings. The van der Waals surface area contributed by atoms with E-state index in [0.29, 0.717) is 22.4 Å². The Morgan fingerprint density at radius 2 is 1.86 bits per heavy atom. The van der Waals surface area contributed by atoms with Gasteiger partial charge in [-0.1, -0.05) is 36.8 Å². The van der Waals surface area contributed by atoms with Crippen molar-refractivity contribution in [3.8, 4) is 5.75 Å². The number of nitrogens with zero attached hydrogens (tertiary/aromatic N) is 3. The average molecular weight is 436 g/mol. The number of amides is 1. The molecular formula is C21H23ClFN3O2S. The van der Waals surface area contributed by atoms with Crippen LogP contribution in [0.5, 0.6) is 5.75 Å². The molecule has 0 radical (unpaired) electrons. The zero-order valence-corrected chi connectivity index (χ0v) is 18.0. The second-order valence-electron chi connectivity index (χ2n) is 6.42. The molecule has 0 fully saturated rings. The standard InChI is InChI=1S/C21H23ClFN3O2S/c1-3-25(4-2)11-12-26(20(27)14-28-17-8-6-16(23)7-9-17)21-24-18-10-5-15(22)13-19(18)29-21/h5-10,13H,3-4,11-12,14H2,1-2H3. The van der Waals surface area contributed by atoms with Crippen LogP contribution < -0.4 is 9.64 Å². The van der Waals surface area contributed by atoms with E-state index < -0.39 is 0 Å². The molecule has 2 aromatic carbocycles. The quantitative estimate of drug-likeness (QED) is 0.482. The van der Waals surface area contributed by atoms with E-state index in [2.05, 4.69) is 23.7 Å². The van der Waals surface area contributed by atoms with Crippen LogP contribution in [0.3, 0.4) is 0 Å². The number of halogens is 2. The third-order valence-electron chi connectivity index (χ3n) is 4.58. The monoisotopic (exact) mass is 435 g/mol. The average Bonchev–Trinajstić information content (AvgIpc) is 3.13. The van der Waals surface area contributed by atoms with E-state index in [1.165, 1.54) is 35.6 Å². The zero-order chi connectivity index (χ0) is 20.8. The summed E-state index contributed by atoms with van der Waals surface area (Å²) < 4.78 is 19.5. The number of hydrogen-bond donors (Lipinski definition) is 0. The highest BCUT2D eigenvalue weighted by Crippen LogP contribution is 2.31. The van der Waals surface area contributed by atoms with Gasteiger partial charge in [0.1, 0.15) is 11.6 Å². The molecule has 0 spiro atoms. The number of aromatic nitrogens is 1. The molecule has 0 saturated heterocycles. The maximum atomic E-state index is 13.1. The normalized spacial score (nSPS) is 11.2. The van der Waals surface area contributed by atoms with E-state index in [1.807, 2.05) is 12.1 Å². The Morgan fingerprint density at radius 3 is 2.55 bits per heavy atom. The lowest BCUT2D eigenvalue weighted by molar-refractivity contribution is -0.120. The molecule has 0 saturated carbocycles. The summed E-state index contributed by atoms with van der Waals surface area (Å²) in [5.74, 6) is -0.108. The van der Waals surface area contributed by atoms with Crippen LogP contribution in [-0.4, -0.2) is 48.6 Å². The number of rotatable bonds is 9. The molecule has 1 heterocycles. The number of likely N-dealkylation sites (N-methyl/N-ethyl adjacent to an activating group) is 1. The molecule has 5 nitrogen and oxygen atoms in total. The number of hydrogen-bond acceptors (Lipinski definition) is 5. The molecule has 1 aromatic heterocycles. The first-order valence-electron chi connectivity index (χ1n) is 9.47. The highest BCUT2D eigenvalue weighted by atomic mass is 35.5. The lowest BCUT2D eigenvalue weighted by atomic mass is 10.3. The highest BCUT2D eigenvalue weighted by Gasteiger charge is 2.21. The molecule has 0 bridgehead atoms. The van der Waals surface area contributed by atoms with Gasteiger partial charge < -0.3 is 9.64 Å². The lowest BCUT2D eigenvalue weighted by Gasteiger charge is -2.24. The fourth-order valence-electron chi connectivity index (χ4n) is 2.86. The second kappa shape index (κ2) is 10.0. The van der Waals surface area contributed by atoms with Gasteiger partial charge in [-0.3, -0.25) is 9.69 Å². The van der Waals surface area contributed by atoms with Gasteiger partial charge in [0.05, 0.1) is 10.2 Å². The fraction of sp³-hybridized carbons (Fsp3) is 0.333. The number of anilines is 1. The highest BCUT2D eigenvalue weighted by molar-refractivity contribution is 7.22. The van der Waals surface area contributed by atoms with Crippen molar-refractivity contribution in [2.45, 2.75) is 13.8 Å². The van der Waals surface area contributed by atoms with Crippen molar-refractivity contribution in [2.24, 2.45) is 0 Å². The molecule has 0 aliphatic carbocycles. The number of carbonyl (C=O) groups excluding carboxylic acids is 1. The fourth-order valence-corrected chi connectivity index (χ4v) is 4.15. The van der Waals surface area contributed by atoms with Gasteiger partial charge in [0.25, 0.3) is 5.91 Å². The molecule has 3 rings (SSSR count). The van der Waals surface area contributed by atoms with Crippen LogP contribution in [0.25, 0.3) is 10.2 Å². The minimum absolute atomic E-state index is 0.152. The maximum Gasteiger partial charge on any atom is 0.266 e. The van der Waals surface area contributed by atoms with Crippen LogP contribution >= 0.6 is 22.9 Å². The summed E-state index contributed by atoms with van der Waals surface area (Å²) >= 11 is 7.51. The number of carbonyl (C=O) groups is 1. The first-order valence-corrected chi connectivity index (χ1v) is 10.7. The summed E-state index contributed by atoms with van der Waals surface area (Å²) in [4.78, 5) is 21.5. The minimum atomic E-state index is -0.349.